The van der Waals surface area contributed by atoms with Gasteiger partial charge in [-0.25, -0.2) is 0 Å². The van der Waals surface area contributed by atoms with Crippen molar-refractivity contribution in [1.82, 2.24) is 9.78 Å². The Kier molecular flexibility index (Phi) is 6.72. The Hall–Kier alpha value is -0.680. The molecular weight excluding hydrogens is 306 g/mol. The molecule has 0 saturated carbocycles. The smallest absolute Gasteiger partial charge is 0.138 e. The van der Waals surface area contributed by atoms with Crippen molar-refractivity contribution in [3.8, 4) is 0 Å². The first-order valence-electron chi connectivity index (χ1n) is 7.00. The summed E-state index contributed by atoms with van der Waals surface area (Å²) in [5.74, 6) is 0.263. The fraction of sp³-hybridized carbons (Fsp3) is 0.714. The standard InChI is InChI=1S/C14H24BrN3O/c1-4-12-14(15)13(18(5-2)17-12)9-11(19)8-6-7-10(3)16/h10H,4-9,16H2,1-3H3. The number of nitrogens with two attached hydrogens (primary N) is 1. The number of aromatic nitrogens is 2. The van der Waals surface area contributed by atoms with Crippen LogP contribution in [0, 0.1) is 0 Å². The summed E-state index contributed by atoms with van der Waals surface area (Å²) in [5.41, 5.74) is 7.72. The Balaban J connectivity index is 2.65. The molecule has 1 aromatic heterocycles. The molecule has 0 amide bonds. The van der Waals surface area contributed by atoms with Crippen molar-refractivity contribution in [3.63, 3.8) is 0 Å². The van der Waals surface area contributed by atoms with Crippen LogP contribution in [0.1, 0.15) is 51.4 Å². The average molecular weight is 330 g/mol. The number of nitrogens with zero attached hydrogens (tertiary/aromatic N) is 2. The molecule has 1 rings (SSSR count). The minimum absolute atomic E-state index is 0.174. The quantitative estimate of drug-likeness (QED) is 0.797. The van der Waals surface area contributed by atoms with E-state index in [2.05, 4.69) is 28.0 Å². The van der Waals surface area contributed by atoms with Gasteiger partial charge in [0.15, 0.2) is 0 Å². The molecule has 108 valence electrons. The lowest BCUT2D eigenvalue weighted by Gasteiger charge is -2.06. The van der Waals surface area contributed by atoms with E-state index < -0.39 is 0 Å². The number of hydrogen-bond donors (Lipinski definition) is 1. The molecule has 1 atom stereocenters. The molecule has 4 nitrogen and oxygen atoms in total. The van der Waals surface area contributed by atoms with E-state index in [9.17, 15) is 4.79 Å². The third kappa shape index (κ3) is 4.73. The molecule has 0 bridgehead atoms. The van der Waals surface area contributed by atoms with Gasteiger partial charge in [-0.2, -0.15) is 5.10 Å². The number of hydrogen-bond acceptors (Lipinski definition) is 3. The van der Waals surface area contributed by atoms with Gasteiger partial charge in [0.25, 0.3) is 0 Å². The molecule has 1 unspecified atom stereocenters. The van der Waals surface area contributed by atoms with Crippen molar-refractivity contribution in [2.24, 2.45) is 5.73 Å². The third-order valence-electron chi connectivity index (χ3n) is 3.17. The largest absolute Gasteiger partial charge is 0.328 e. The van der Waals surface area contributed by atoms with Gasteiger partial charge in [-0.05, 0) is 49.0 Å². The van der Waals surface area contributed by atoms with Gasteiger partial charge >= 0.3 is 0 Å². The van der Waals surface area contributed by atoms with Gasteiger partial charge in [0.05, 0.1) is 15.9 Å². The van der Waals surface area contributed by atoms with Crippen LogP contribution in [0.5, 0.6) is 0 Å². The molecule has 0 aromatic carbocycles. The fourth-order valence-corrected chi connectivity index (χ4v) is 2.79. The Morgan fingerprint density at radius 3 is 2.68 bits per heavy atom. The second-order valence-corrected chi connectivity index (χ2v) is 5.75. The summed E-state index contributed by atoms with van der Waals surface area (Å²) in [5, 5.41) is 4.51. The summed E-state index contributed by atoms with van der Waals surface area (Å²) in [6.07, 6.45) is 3.71. The summed E-state index contributed by atoms with van der Waals surface area (Å²) >= 11 is 3.57. The highest BCUT2D eigenvalue weighted by atomic mass is 79.9. The first-order valence-corrected chi connectivity index (χ1v) is 7.80. The van der Waals surface area contributed by atoms with Crippen molar-refractivity contribution < 1.29 is 4.79 Å². The molecule has 0 aliphatic rings. The van der Waals surface area contributed by atoms with E-state index >= 15 is 0 Å². The number of aryl methyl sites for hydroxylation is 2. The predicted molar refractivity (Wildman–Crippen MR) is 81.2 cm³/mol. The first-order chi connectivity index (χ1) is 8.99. The minimum atomic E-state index is 0.174. The summed E-state index contributed by atoms with van der Waals surface area (Å²) in [6, 6.07) is 0.174. The highest BCUT2D eigenvalue weighted by Crippen LogP contribution is 2.23. The van der Waals surface area contributed by atoms with Crippen LogP contribution >= 0.6 is 15.9 Å². The molecule has 19 heavy (non-hydrogen) atoms. The number of carbonyl (C=O) groups is 1. The van der Waals surface area contributed by atoms with Crippen molar-refractivity contribution in [3.05, 3.63) is 15.9 Å². The summed E-state index contributed by atoms with van der Waals surface area (Å²) in [4.78, 5) is 12.0. The number of carbonyl (C=O) groups excluding carboxylic acids is 1. The van der Waals surface area contributed by atoms with Gasteiger partial charge in [0, 0.05) is 25.4 Å². The number of Topliss-reactive ketones (excluding diaryl/α,β-unsaturated/α-hetero) is 1. The Bertz CT molecular complexity index is 427. The molecule has 1 heterocycles. The van der Waals surface area contributed by atoms with E-state index in [1.807, 2.05) is 18.5 Å². The topological polar surface area (TPSA) is 60.9 Å². The highest BCUT2D eigenvalue weighted by molar-refractivity contribution is 9.10. The predicted octanol–water partition coefficient (Wildman–Crippen LogP) is 2.86. The van der Waals surface area contributed by atoms with Gasteiger partial charge < -0.3 is 5.73 Å². The van der Waals surface area contributed by atoms with Crippen LogP contribution in [-0.2, 0) is 24.2 Å². The molecule has 0 saturated heterocycles. The SMILES string of the molecule is CCc1nn(CC)c(CC(=O)CCCC(C)N)c1Br. The summed E-state index contributed by atoms with van der Waals surface area (Å²) in [7, 11) is 0. The van der Waals surface area contributed by atoms with Crippen LogP contribution in [-0.4, -0.2) is 21.6 Å². The minimum Gasteiger partial charge on any atom is -0.328 e. The Labute approximate surface area is 123 Å². The molecule has 0 radical (unpaired) electrons. The maximum absolute atomic E-state index is 12.0. The van der Waals surface area contributed by atoms with Gasteiger partial charge in [-0.3, -0.25) is 9.48 Å². The van der Waals surface area contributed by atoms with E-state index in [1.54, 1.807) is 0 Å². The van der Waals surface area contributed by atoms with E-state index in [0.29, 0.717) is 12.8 Å². The number of halogens is 1. The van der Waals surface area contributed by atoms with Gasteiger partial charge in [-0.1, -0.05) is 6.92 Å². The van der Waals surface area contributed by atoms with E-state index in [-0.39, 0.29) is 11.8 Å². The molecule has 2 N–H and O–H groups in total. The van der Waals surface area contributed by atoms with Crippen LogP contribution in [0.4, 0.5) is 0 Å². The van der Waals surface area contributed by atoms with Crippen molar-refractivity contribution in [2.45, 2.75) is 65.5 Å². The van der Waals surface area contributed by atoms with Crippen molar-refractivity contribution >= 4 is 21.7 Å². The van der Waals surface area contributed by atoms with Gasteiger partial charge in [0.2, 0.25) is 0 Å². The maximum atomic E-state index is 12.0. The van der Waals surface area contributed by atoms with Gasteiger partial charge in [-0.15, -0.1) is 0 Å². The normalized spacial score (nSPS) is 12.7. The van der Waals surface area contributed by atoms with Crippen molar-refractivity contribution in [1.29, 1.82) is 0 Å². The molecule has 0 aliphatic carbocycles. The average Bonchev–Trinajstić information content (AvgIpc) is 2.66. The zero-order valence-electron chi connectivity index (χ0n) is 12.1. The van der Waals surface area contributed by atoms with E-state index in [4.69, 9.17) is 5.73 Å². The second-order valence-electron chi connectivity index (χ2n) is 4.96. The number of ketones is 1. The summed E-state index contributed by atoms with van der Waals surface area (Å²) < 4.78 is 2.92. The molecule has 5 heteroatoms. The third-order valence-corrected chi connectivity index (χ3v) is 4.09. The van der Waals surface area contributed by atoms with E-state index in [0.717, 1.165) is 41.7 Å². The maximum Gasteiger partial charge on any atom is 0.138 e. The van der Waals surface area contributed by atoms with Crippen LogP contribution in [0.3, 0.4) is 0 Å². The second kappa shape index (κ2) is 7.80. The van der Waals surface area contributed by atoms with Gasteiger partial charge in [0.1, 0.15) is 5.78 Å². The Morgan fingerprint density at radius 1 is 1.47 bits per heavy atom. The molecule has 1 aromatic rings. The molecular formula is C14H24BrN3O. The fourth-order valence-electron chi connectivity index (χ4n) is 2.08. The van der Waals surface area contributed by atoms with Crippen LogP contribution in [0.2, 0.25) is 0 Å². The van der Waals surface area contributed by atoms with E-state index in [1.165, 1.54) is 0 Å². The van der Waals surface area contributed by atoms with Crippen LogP contribution in [0.15, 0.2) is 4.47 Å². The molecule has 0 fully saturated rings. The highest BCUT2D eigenvalue weighted by Gasteiger charge is 2.16. The van der Waals surface area contributed by atoms with Crippen LogP contribution < -0.4 is 5.73 Å². The lowest BCUT2D eigenvalue weighted by atomic mass is 10.1. The first kappa shape index (κ1) is 16.4. The van der Waals surface area contributed by atoms with Crippen LogP contribution in [0.25, 0.3) is 0 Å². The molecule has 0 aliphatic heterocycles. The number of rotatable bonds is 8. The summed E-state index contributed by atoms with van der Waals surface area (Å²) in [6.45, 7) is 6.88. The van der Waals surface area contributed by atoms with Crippen molar-refractivity contribution in [2.75, 3.05) is 0 Å². The monoisotopic (exact) mass is 329 g/mol. The molecule has 0 spiro atoms. The zero-order valence-corrected chi connectivity index (χ0v) is 13.7. The Morgan fingerprint density at radius 2 is 2.16 bits per heavy atom. The lowest BCUT2D eigenvalue weighted by molar-refractivity contribution is -0.118. The lowest BCUT2D eigenvalue weighted by Crippen LogP contribution is -2.15. The zero-order chi connectivity index (χ0) is 14.4.